The lowest BCUT2D eigenvalue weighted by Crippen LogP contribution is -2.39. The minimum Gasteiger partial charge on any atom is -0.449 e. The molecule has 6 bridgehead atoms. The van der Waals surface area contributed by atoms with Crippen molar-refractivity contribution in [3.05, 3.63) is 81.8 Å². The number of hydrogen-bond acceptors (Lipinski definition) is 14. The standard InChI is InChI=1S/C45H36N9O8/c1-42(2)55-26-10-18-19(11-27(26)56-42)35-46-34(18)47-38-22-14-30-32(61-44(5,6)59-30)16-24(22)40-49-36-20-12-28-29(58-43(3,4)57-28)13-21(20)37(52(36)9)50-41-25-17-33-31(60-45(7,8)62-33)15-23(25)39(48-35)54(41)51-53(38)40/h10-17,51H,1-9H3/q+1. The number of nitrogens with one attached hydrogen (secondary N) is 1. The van der Waals surface area contributed by atoms with Crippen molar-refractivity contribution in [3.8, 4) is 46.0 Å². The van der Waals surface area contributed by atoms with Gasteiger partial charge in [-0.05, 0) is 48.5 Å². The van der Waals surface area contributed by atoms with Crippen molar-refractivity contribution in [1.82, 2.24) is 9.35 Å². The number of rotatable bonds is 0. The average Bonchev–Trinajstić information content (AvgIpc) is 4.04. The largest absolute Gasteiger partial charge is 0.449 e. The number of nitrogens with zero attached hydrogens (tertiary/aromatic N) is 8. The zero-order chi connectivity index (χ0) is 42.1. The Kier molecular flexibility index (Phi) is 5.68. The molecule has 14 rings (SSSR count). The van der Waals surface area contributed by atoms with E-state index in [0.29, 0.717) is 91.9 Å². The van der Waals surface area contributed by atoms with E-state index in [1.165, 1.54) is 0 Å². The first kappa shape index (κ1) is 34.2. The summed E-state index contributed by atoms with van der Waals surface area (Å²) < 4.78 is 56.0. The molecule has 6 aromatic rings. The smallest absolute Gasteiger partial charge is 0.273 e. The van der Waals surface area contributed by atoms with E-state index in [1.807, 2.05) is 125 Å². The number of benzene rings is 4. The van der Waals surface area contributed by atoms with Crippen molar-refractivity contribution < 1.29 is 42.5 Å². The van der Waals surface area contributed by atoms with Crippen LogP contribution in [0.1, 0.15) is 77.6 Å². The molecule has 17 nitrogen and oxygen atoms in total. The maximum absolute atomic E-state index is 6.34. The van der Waals surface area contributed by atoms with Crippen LogP contribution in [0, 0.1) is 0 Å². The van der Waals surface area contributed by atoms with Crippen LogP contribution in [-0.2, 0) is 0 Å². The Balaban J connectivity index is 1.16. The average molecular weight is 831 g/mol. The molecule has 10 heterocycles. The molecular weight excluding hydrogens is 795 g/mol. The number of hydrogen-bond donors (Lipinski definition) is 1. The highest BCUT2D eigenvalue weighted by molar-refractivity contribution is 6.24. The Morgan fingerprint density at radius 1 is 0.419 bits per heavy atom. The zero-order valence-corrected chi connectivity index (χ0v) is 35.0. The Morgan fingerprint density at radius 3 is 1.31 bits per heavy atom. The lowest BCUT2D eigenvalue weighted by Gasteiger charge is -2.16. The van der Waals surface area contributed by atoms with Gasteiger partial charge >= 0.3 is 0 Å². The van der Waals surface area contributed by atoms with E-state index in [4.69, 9.17) is 62.9 Å². The summed E-state index contributed by atoms with van der Waals surface area (Å²) in [5, 5.41) is 2.93. The molecule has 308 valence electrons. The summed E-state index contributed by atoms with van der Waals surface area (Å²) in [6.07, 6.45) is 0. The third-order valence-corrected chi connectivity index (χ3v) is 11.9. The van der Waals surface area contributed by atoms with Crippen molar-refractivity contribution in [2.45, 2.75) is 78.5 Å². The molecule has 0 unspecified atom stereocenters. The first-order valence-corrected chi connectivity index (χ1v) is 20.4. The molecule has 2 aromatic heterocycles. The summed E-state index contributed by atoms with van der Waals surface area (Å²) in [6, 6.07) is 15.6. The number of aliphatic imine (C=N–C) groups is 3. The molecule has 0 aliphatic carbocycles. The summed E-state index contributed by atoms with van der Waals surface area (Å²) >= 11 is 0. The summed E-state index contributed by atoms with van der Waals surface area (Å²) in [4.78, 5) is 26.9. The van der Waals surface area contributed by atoms with E-state index in [1.54, 1.807) is 0 Å². The molecule has 0 radical (unpaired) electrons. The Bertz CT molecular complexity index is 3530. The highest BCUT2D eigenvalue weighted by atomic mass is 16.7. The Hall–Kier alpha value is -7.56. The van der Waals surface area contributed by atoms with E-state index in [9.17, 15) is 0 Å². The minimum atomic E-state index is -0.888. The summed E-state index contributed by atoms with van der Waals surface area (Å²) in [5.74, 6) is 4.27. The van der Waals surface area contributed by atoms with Crippen LogP contribution in [0.25, 0.3) is 21.5 Å². The second kappa shape index (κ2) is 10.3. The predicted molar refractivity (Wildman–Crippen MR) is 224 cm³/mol. The van der Waals surface area contributed by atoms with E-state index >= 15 is 0 Å². The van der Waals surface area contributed by atoms with Crippen molar-refractivity contribution in [2.75, 3.05) is 12.6 Å². The van der Waals surface area contributed by atoms with Gasteiger partial charge in [-0.2, -0.15) is 9.35 Å². The van der Waals surface area contributed by atoms with Crippen LogP contribution in [0.5, 0.6) is 46.0 Å². The van der Waals surface area contributed by atoms with Gasteiger partial charge in [0.25, 0.3) is 11.7 Å². The molecule has 8 aliphatic heterocycles. The summed E-state index contributed by atoms with van der Waals surface area (Å²) in [7, 11) is 1.95. The van der Waals surface area contributed by atoms with Crippen molar-refractivity contribution in [1.29, 1.82) is 0 Å². The normalized spacial score (nSPS) is 20.6. The lowest BCUT2D eigenvalue weighted by molar-refractivity contribution is -0.367. The number of fused-ring (bicyclic) bond motifs is 18. The number of ether oxygens (including phenoxy) is 8. The van der Waals surface area contributed by atoms with E-state index in [0.717, 1.165) is 43.8 Å². The molecule has 17 heteroatoms. The van der Waals surface area contributed by atoms with Gasteiger partial charge in [-0.25, -0.2) is 25.1 Å². The second-order valence-electron chi connectivity index (χ2n) is 18.3. The van der Waals surface area contributed by atoms with Gasteiger partial charge in [0.1, 0.15) is 0 Å². The SMILES string of the molecule is C[N+]1=C2N=c3c4cc5c(cc4c4n3Nn3c(c6cc7c(cc6c3N=C1c1cc3c(cc12)OC(C)(C)O3)OC(C)(C)O7)N=C1N=C(N=4)c2cc3c(cc21)OC(C)(C)O3)OC(C)(C)O5. The van der Waals surface area contributed by atoms with E-state index < -0.39 is 23.1 Å². The van der Waals surface area contributed by atoms with E-state index in [2.05, 4.69) is 5.53 Å². The topological polar surface area (TPSA) is 161 Å². The third-order valence-electron chi connectivity index (χ3n) is 11.9. The molecule has 0 saturated carbocycles. The molecule has 8 aliphatic rings. The number of aromatic nitrogens is 2. The van der Waals surface area contributed by atoms with Crippen molar-refractivity contribution in [2.24, 2.45) is 25.0 Å². The van der Waals surface area contributed by atoms with Crippen LogP contribution < -0.4 is 54.4 Å². The molecular formula is C45H36N9O8+. The molecule has 62 heavy (non-hydrogen) atoms. The highest BCUT2D eigenvalue weighted by Gasteiger charge is 2.43. The van der Waals surface area contributed by atoms with Gasteiger partial charge in [0.15, 0.2) is 69.0 Å². The van der Waals surface area contributed by atoms with Gasteiger partial charge < -0.3 is 37.9 Å². The lowest BCUT2D eigenvalue weighted by atomic mass is 10.1. The van der Waals surface area contributed by atoms with Crippen LogP contribution in [0.15, 0.2) is 73.5 Å². The van der Waals surface area contributed by atoms with Crippen molar-refractivity contribution >= 4 is 56.5 Å². The zero-order valence-electron chi connectivity index (χ0n) is 35.0. The second-order valence-corrected chi connectivity index (χ2v) is 18.3. The molecule has 0 atom stereocenters. The summed E-state index contributed by atoms with van der Waals surface area (Å²) in [5.41, 5.74) is 7.74. The number of amidine groups is 4. The van der Waals surface area contributed by atoms with Gasteiger partial charge in [0, 0.05) is 77.3 Å². The Morgan fingerprint density at radius 2 is 0.806 bits per heavy atom. The maximum atomic E-state index is 6.34. The third kappa shape index (κ3) is 4.46. The van der Waals surface area contributed by atoms with Crippen LogP contribution in [0.2, 0.25) is 0 Å². The fourth-order valence-electron chi connectivity index (χ4n) is 9.50. The van der Waals surface area contributed by atoms with Gasteiger partial charge in [-0.1, -0.05) is 9.98 Å². The fraction of sp³-hybridized carbons (Fsp3) is 0.289. The van der Waals surface area contributed by atoms with Crippen LogP contribution >= 0.6 is 0 Å². The first-order chi connectivity index (χ1) is 29.4. The van der Waals surface area contributed by atoms with E-state index in [-0.39, 0.29) is 0 Å². The van der Waals surface area contributed by atoms with Gasteiger partial charge in [-0.15, -0.1) is 0 Å². The van der Waals surface area contributed by atoms with Crippen LogP contribution in [-0.4, -0.2) is 67.5 Å². The van der Waals surface area contributed by atoms with Gasteiger partial charge in [0.05, 0.1) is 28.9 Å². The monoisotopic (exact) mass is 830 g/mol. The molecule has 0 spiro atoms. The molecule has 0 fully saturated rings. The molecule has 0 saturated heterocycles. The quantitative estimate of drug-likeness (QED) is 0.176. The predicted octanol–water partition coefficient (Wildman–Crippen LogP) is 6.22. The van der Waals surface area contributed by atoms with Gasteiger partial charge in [-0.3, -0.25) is 0 Å². The Labute approximate surface area is 351 Å². The fourth-order valence-corrected chi connectivity index (χ4v) is 9.50. The van der Waals surface area contributed by atoms with Crippen LogP contribution in [0.4, 0.5) is 11.6 Å². The highest BCUT2D eigenvalue weighted by Crippen LogP contribution is 2.50. The van der Waals surface area contributed by atoms with Crippen LogP contribution in [0.3, 0.4) is 0 Å². The molecule has 0 amide bonds. The maximum Gasteiger partial charge on any atom is 0.273 e. The molecule has 1 N–H and O–H groups in total. The molecule has 4 aromatic carbocycles. The first-order valence-electron chi connectivity index (χ1n) is 20.4. The van der Waals surface area contributed by atoms with Crippen molar-refractivity contribution in [3.63, 3.8) is 0 Å². The van der Waals surface area contributed by atoms with Gasteiger partial charge in [0.2, 0.25) is 34.5 Å². The summed E-state index contributed by atoms with van der Waals surface area (Å²) in [6.45, 7) is 15.0. The minimum absolute atomic E-state index is 0.421.